The molecule has 2 atom stereocenters. The molecule has 0 aliphatic carbocycles. The summed E-state index contributed by atoms with van der Waals surface area (Å²) in [6, 6.07) is 10.2. The van der Waals surface area contributed by atoms with Gasteiger partial charge in [-0.1, -0.05) is 36.4 Å². The van der Waals surface area contributed by atoms with Crippen LogP contribution in [0.2, 0.25) is 5.02 Å². The summed E-state index contributed by atoms with van der Waals surface area (Å²) in [5.41, 5.74) is 1.43. The molecule has 4 aliphatic rings. The van der Waals surface area contributed by atoms with E-state index in [1.807, 2.05) is 23.1 Å². The number of hydrogen-bond donors (Lipinski definition) is 0. The van der Waals surface area contributed by atoms with Gasteiger partial charge in [-0.3, -0.25) is 9.69 Å². The van der Waals surface area contributed by atoms with Crippen molar-refractivity contribution in [3.63, 3.8) is 0 Å². The number of ether oxygens (including phenoxy) is 1. The highest BCUT2D eigenvalue weighted by Crippen LogP contribution is 2.46. The van der Waals surface area contributed by atoms with Crippen molar-refractivity contribution in [1.29, 1.82) is 5.26 Å². The third kappa shape index (κ3) is 5.79. The van der Waals surface area contributed by atoms with Gasteiger partial charge in [0, 0.05) is 49.2 Å². The van der Waals surface area contributed by atoms with Gasteiger partial charge in [0.1, 0.15) is 18.2 Å². The molecule has 1 amide bonds. The Labute approximate surface area is 280 Å². The summed E-state index contributed by atoms with van der Waals surface area (Å²) in [4.78, 5) is 29.3. The quantitative estimate of drug-likeness (QED) is 0.233. The Hall–Kier alpha value is -4.15. The molecule has 0 N–H and O–H groups in total. The topological polar surface area (TPSA) is 88.8 Å². The number of alkyl halides is 2. The highest BCUT2D eigenvalue weighted by molar-refractivity contribution is 6.36. The minimum absolute atomic E-state index is 0.000682. The number of halogens is 5. The minimum atomic E-state index is -2.80. The fourth-order valence-corrected chi connectivity index (χ4v) is 8.17. The van der Waals surface area contributed by atoms with Crippen LogP contribution in [0.3, 0.4) is 0 Å². The van der Waals surface area contributed by atoms with E-state index in [0.29, 0.717) is 55.9 Å². The second-order valence-corrected chi connectivity index (χ2v) is 13.5. The van der Waals surface area contributed by atoms with Gasteiger partial charge in [0.2, 0.25) is 0 Å². The summed E-state index contributed by atoms with van der Waals surface area (Å²) in [6.45, 7) is 4.91. The number of benzene rings is 2. The first kappa shape index (κ1) is 32.4. The molecule has 9 nitrogen and oxygen atoms in total. The van der Waals surface area contributed by atoms with E-state index in [-0.39, 0.29) is 50.1 Å². The summed E-state index contributed by atoms with van der Waals surface area (Å²) in [5, 5.41) is 10.9. The molecule has 0 bridgehead atoms. The lowest BCUT2D eigenvalue weighted by molar-refractivity contribution is -0.131. The van der Waals surface area contributed by atoms with Crippen molar-refractivity contribution in [2.45, 2.75) is 56.2 Å². The molecule has 3 saturated heterocycles. The van der Waals surface area contributed by atoms with Gasteiger partial charge in [-0.2, -0.15) is 15.2 Å². The average Bonchev–Trinajstić information content (AvgIpc) is 3.56. The molecule has 252 valence electrons. The van der Waals surface area contributed by atoms with Crippen molar-refractivity contribution in [1.82, 2.24) is 19.8 Å². The zero-order valence-corrected chi connectivity index (χ0v) is 27.0. The van der Waals surface area contributed by atoms with Crippen LogP contribution in [0.15, 0.2) is 42.7 Å². The third-order valence-corrected chi connectivity index (χ3v) is 10.5. The fraction of sp³-hybridized carbons (Fsp3) is 0.471. The molecular weight excluding hydrogens is 650 g/mol. The second-order valence-electron chi connectivity index (χ2n) is 13.1. The van der Waals surface area contributed by atoms with Gasteiger partial charge < -0.3 is 19.4 Å². The van der Waals surface area contributed by atoms with Crippen LogP contribution in [-0.4, -0.2) is 89.1 Å². The Balaban J connectivity index is 1.24. The molecule has 1 unspecified atom stereocenters. The minimum Gasteiger partial charge on any atom is -0.461 e. The van der Waals surface area contributed by atoms with Gasteiger partial charge in [0.15, 0.2) is 5.83 Å². The predicted molar refractivity (Wildman–Crippen MR) is 172 cm³/mol. The molecule has 4 aliphatic heterocycles. The first-order chi connectivity index (χ1) is 23.0. The van der Waals surface area contributed by atoms with E-state index < -0.39 is 35.1 Å². The molecule has 3 fully saturated rings. The number of fused-ring (bicyclic) bond motifs is 3. The van der Waals surface area contributed by atoms with E-state index in [0.717, 1.165) is 23.1 Å². The lowest BCUT2D eigenvalue weighted by Crippen LogP contribution is -2.55. The molecule has 7 rings (SSSR count). The molecular formula is C34H34ClF4N7O2. The summed E-state index contributed by atoms with van der Waals surface area (Å²) >= 11 is 6.47. The van der Waals surface area contributed by atoms with Crippen molar-refractivity contribution in [3.05, 3.63) is 64.8 Å². The Morgan fingerprint density at radius 2 is 1.98 bits per heavy atom. The monoisotopic (exact) mass is 683 g/mol. The number of hydrogen-bond acceptors (Lipinski definition) is 8. The Kier molecular flexibility index (Phi) is 8.36. The van der Waals surface area contributed by atoms with E-state index in [1.54, 1.807) is 11.0 Å². The Morgan fingerprint density at radius 1 is 1.15 bits per heavy atom. The molecule has 48 heavy (non-hydrogen) atoms. The fourth-order valence-electron chi connectivity index (χ4n) is 7.90. The molecule has 0 radical (unpaired) electrons. The molecule has 3 aromatic rings. The van der Waals surface area contributed by atoms with Crippen LogP contribution in [0, 0.1) is 17.1 Å². The maximum absolute atomic E-state index is 14.6. The molecule has 1 aromatic heterocycles. The van der Waals surface area contributed by atoms with Crippen LogP contribution in [-0.2, 0) is 17.8 Å². The third-order valence-electron chi connectivity index (χ3n) is 10.1. The van der Waals surface area contributed by atoms with Crippen LogP contribution in [0.5, 0.6) is 6.01 Å². The molecule has 2 aromatic carbocycles. The number of carbonyl (C=O) groups excluding carboxylic acids is 1. The number of nitriles is 1. The second kappa shape index (κ2) is 12.4. The highest BCUT2D eigenvalue weighted by atomic mass is 35.5. The summed E-state index contributed by atoms with van der Waals surface area (Å²) < 4.78 is 63.7. The predicted octanol–water partition coefficient (Wildman–Crippen LogP) is 5.65. The number of carbonyl (C=O) groups is 1. The van der Waals surface area contributed by atoms with Crippen molar-refractivity contribution in [2.75, 3.05) is 55.7 Å². The average molecular weight is 684 g/mol. The summed E-state index contributed by atoms with van der Waals surface area (Å²) in [7, 11) is 0. The van der Waals surface area contributed by atoms with E-state index in [1.165, 1.54) is 11.0 Å². The van der Waals surface area contributed by atoms with Gasteiger partial charge in [-0.15, -0.1) is 0 Å². The van der Waals surface area contributed by atoms with E-state index >= 15 is 0 Å². The number of amides is 1. The maximum atomic E-state index is 14.6. The zero-order valence-electron chi connectivity index (χ0n) is 26.2. The van der Waals surface area contributed by atoms with Crippen LogP contribution in [0.25, 0.3) is 10.8 Å². The number of aromatic nitrogens is 2. The number of piperazine rings is 1. The lowest BCUT2D eigenvalue weighted by atomic mass is 9.94. The highest BCUT2D eigenvalue weighted by Gasteiger charge is 2.57. The van der Waals surface area contributed by atoms with Gasteiger partial charge in [0.05, 0.1) is 47.9 Å². The number of nitrogens with zero attached hydrogens (tertiary/aromatic N) is 7. The molecule has 0 spiro atoms. The first-order valence-electron chi connectivity index (χ1n) is 16.0. The summed E-state index contributed by atoms with van der Waals surface area (Å²) in [6.07, 6.45) is 1.56. The lowest BCUT2D eigenvalue weighted by Gasteiger charge is -2.42. The van der Waals surface area contributed by atoms with E-state index in [2.05, 4.69) is 17.5 Å². The van der Waals surface area contributed by atoms with Gasteiger partial charge >= 0.3 is 6.01 Å². The van der Waals surface area contributed by atoms with Crippen molar-refractivity contribution < 1.29 is 27.1 Å². The van der Waals surface area contributed by atoms with Crippen molar-refractivity contribution in [3.8, 4) is 12.1 Å². The van der Waals surface area contributed by atoms with Gasteiger partial charge in [-0.05, 0) is 43.3 Å². The van der Waals surface area contributed by atoms with Gasteiger partial charge in [0.25, 0.3) is 11.8 Å². The van der Waals surface area contributed by atoms with E-state index in [9.17, 15) is 27.6 Å². The largest absolute Gasteiger partial charge is 0.461 e. The Bertz CT molecular complexity index is 1840. The molecule has 0 saturated carbocycles. The van der Waals surface area contributed by atoms with Crippen LogP contribution >= 0.6 is 11.6 Å². The SMILES string of the molecule is C=C(F)C(=O)N1CCN(c2nc(OCC34CCCN3CC(F)(F)C4)nc3c2CCN(c2cccc4ccc(F)c(Cl)c24)C3)C[C@@H]1CC#N. The smallest absolute Gasteiger partial charge is 0.318 e. The standard InChI is InChI=1S/C34H34ClF4N7O2/c1-21(36)31(47)46-15-14-44(16-23(46)8-11-40)30-24-9-13-43(27-5-2-4-22-6-7-25(37)29(35)28(22)27)17-26(24)41-32(42-30)48-20-33-10-3-12-45(33)19-34(38,39)18-33/h2,4-7,23H,1,3,8-10,12-20H2/t23-,33?/m0/s1. The summed E-state index contributed by atoms with van der Waals surface area (Å²) in [5.74, 6) is -4.70. The van der Waals surface area contributed by atoms with Crippen LogP contribution < -0.4 is 14.5 Å². The Morgan fingerprint density at radius 3 is 2.77 bits per heavy atom. The van der Waals surface area contributed by atoms with Crippen LogP contribution in [0.4, 0.5) is 29.1 Å². The van der Waals surface area contributed by atoms with Gasteiger partial charge in [-0.25, -0.2) is 17.6 Å². The molecule has 5 heterocycles. The normalized spacial score (nSPS) is 23.6. The zero-order chi connectivity index (χ0) is 33.8. The first-order valence-corrected chi connectivity index (χ1v) is 16.4. The number of anilines is 2. The van der Waals surface area contributed by atoms with Crippen LogP contribution in [0.1, 0.15) is 36.9 Å². The van der Waals surface area contributed by atoms with Crippen molar-refractivity contribution >= 4 is 39.8 Å². The number of rotatable bonds is 7. The maximum Gasteiger partial charge on any atom is 0.318 e. The van der Waals surface area contributed by atoms with Crippen molar-refractivity contribution in [2.24, 2.45) is 0 Å². The molecule has 14 heteroatoms. The van der Waals surface area contributed by atoms with E-state index in [4.69, 9.17) is 26.3 Å².